The Morgan fingerprint density at radius 1 is 1.26 bits per heavy atom. The predicted octanol–water partition coefficient (Wildman–Crippen LogP) is 4.25. The maximum atomic E-state index is 12.9. The summed E-state index contributed by atoms with van der Waals surface area (Å²) in [5.74, 6) is 0.156. The lowest BCUT2D eigenvalue weighted by Crippen LogP contribution is -2.44. The zero-order chi connectivity index (χ0) is 19.4. The number of carbonyl (C=O) groups is 1. The lowest BCUT2D eigenvalue weighted by Gasteiger charge is -2.32. The van der Waals surface area contributed by atoms with Gasteiger partial charge in [-0.1, -0.05) is 32.4 Å². The molecule has 0 atom stereocenters. The fourth-order valence-electron chi connectivity index (χ4n) is 3.76. The van der Waals surface area contributed by atoms with E-state index in [1.165, 1.54) is 6.42 Å². The third-order valence-electron chi connectivity index (χ3n) is 5.13. The molecule has 1 N–H and O–H groups in total. The molecule has 3 rings (SSSR count). The predicted molar refractivity (Wildman–Crippen MR) is 110 cm³/mol. The zero-order valence-corrected chi connectivity index (χ0v) is 17.2. The van der Waals surface area contributed by atoms with Crippen LogP contribution >= 0.6 is 11.6 Å². The molecule has 27 heavy (non-hydrogen) atoms. The molecule has 6 heteroatoms. The number of aromatic nitrogens is 2. The van der Waals surface area contributed by atoms with Crippen LogP contribution in [0, 0.1) is 0 Å². The van der Waals surface area contributed by atoms with E-state index in [0.717, 1.165) is 43.9 Å². The summed E-state index contributed by atoms with van der Waals surface area (Å²) < 4.78 is 1.85. The van der Waals surface area contributed by atoms with Crippen LogP contribution in [0.15, 0.2) is 30.5 Å². The minimum Gasteiger partial charge on any atom is -0.349 e. The molecular weight excluding hydrogens is 360 g/mol. The number of hydrogen-bond acceptors (Lipinski definition) is 3. The minimum absolute atomic E-state index is 0.0205. The van der Waals surface area contributed by atoms with E-state index in [1.54, 1.807) is 6.20 Å². The lowest BCUT2D eigenvalue weighted by atomic mass is 10.0. The van der Waals surface area contributed by atoms with E-state index in [4.69, 9.17) is 11.6 Å². The molecule has 1 amide bonds. The molecule has 2 aromatic rings. The van der Waals surface area contributed by atoms with Gasteiger partial charge in [-0.25, -0.2) is 4.68 Å². The molecule has 0 saturated carbocycles. The second-order valence-electron chi connectivity index (χ2n) is 7.58. The summed E-state index contributed by atoms with van der Waals surface area (Å²) in [6, 6.07) is 7.77. The second-order valence-corrected chi connectivity index (χ2v) is 8.01. The van der Waals surface area contributed by atoms with E-state index in [-0.39, 0.29) is 17.9 Å². The van der Waals surface area contributed by atoms with Crippen molar-refractivity contribution in [3.05, 3.63) is 46.7 Å². The van der Waals surface area contributed by atoms with Crippen LogP contribution in [0.1, 0.15) is 62.0 Å². The van der Waals surface area contributed by atoms with Crippen molar-refractivity contribution in [2.45, 2.75) is 52.0 Å². The topological polar surface area (TPSA) is 50.2 Å². The van der Waals surface area contributed by atoms with Gasteiger partial charge in [0.25, 0.3) is 5.91 Å². The second kappa shape index (κ2) is 8.89. The van der Waals surface area contributed by atoms with Crippen LogP contribution in [0.4, 0.5) is 0 Å². The first kappa shape index (κ1) is 19.9. The van der Waals surface area contributed by atoms with E-state index >= 15 is 0 Å². The normalized spacial score (nSPS) is 16.0. The summed E-state index contributed by atoms with van der Waals surface area (Å²) in [5.41, 5.74) is 2.50. The Balaban J connectivity index is 1.74. The van der Waals surface area contributed by atoms with Crippen LogP contribution in [0.2, 0.25) is 5.02 Å². The maximum Gasteiger partial charge on any atom is 0.255 e. The number of nitrogens with one attached hydrogen (secondary N) is 1. The molecule has 1 aromatic heterocycles. The molecule has 1 aliphatic heterocycles. The number of amides is 1. The van der Waals surface area contributed by atoms with E-state index in [2.05, 4.69) is 36.1 Å². The Morgan fingerprint density at radius 2 is 1.93 bits per heavy atom. The van der Waals surface area contributed by atoms with Gasteiger partial charge >= 0.3 is 0 Å². The molecule has 0 radical (unpaired) electrons. The third-order valence-corrected chi connectivity index (χ3v) is 5.38. The first-order chi connectivity index (χ1) is 13.0. The largest absolute Gasteiger partial charge is 0.349 e. The average Bonchev–Trinajstić information content (AvgIpc) is 3.10. The molecule has 0 bridgehead atoms. The number of nitrogens with zero attached hydrogens (tertiary/aromatic N) is 3. The SMILES string of the molecule is CCCN1CCC(NC(=O)c2cnn(-c3ccc(Cl)cc3)c2C(C)C)CC1. The van der Waals surface area contributed by atoms with Gasteiger partial charge < -0.3 is 10.2 Å². The Morgan fingerprint density at radius 3 is 2.52 bits per heavy atom. The number of halogens is 1. The van der Waals surface area contributed by atoms with Crippen molar-refractivity contribution in [3.8, 4) is 5.69 Å². The molecule has 1 aromatic carbocycles. The Hall–Kier alpha value is -1.85. The Bertz CT molecular complexity index is 761. The minimum atomic E-state index is -0.0205. The monoisotopic (exact) mass is 388 g/mol. The van der Waals surface area contributed by atoms with Gasteiger partial charge in [0.2, 0.25) is 0 Å². The fourth-order valence-corrected chi connectivity index (χ4v) is 3.88. The van der Waals surface area contributed by atoms with Crippen molar-refractivity contribution in [1.82, 2.24) is 20.0 Å². The summed E-state index contributed by atoms with van der Waals surface area (Å²) in [5, 5.41) is 8.40. The van der Waals surface area contributed by atoms with Crippen LogP contribution in [-0.4, -0.2) is 46.3 Å². The van der Waals surface area contributed by atoms with E-state index in [0.29, 0.717) is 10.6 Å². The molecule has 2 heterocycles. The lowest BCUT2D eigenvalue weighted by molar-refractivity contribution is 0.0910. The number of carbonyl (C=O) groups excluding carboxylic acids is 1. The summed E-state index contributed by atoms with van der Waals surface area (Å²) in [4.78, 5) is 15.4. The van der Waals surface area contributed by atoms with Crippen LogP contribution in [0.5, 0.6) is 0 Å². The van der Waals surface area contributed by atoms with Gasteiger partial charge in [0, 0.05) is 24.2 Å². The first-order valence-electron chi connectivity index (χ1n) is 9.86. The average molecular weight is 389 g/mol. The Labute approximate surface area is 166 Å². The highest BCUT2D eigenvalue weighted by Gasteiger charge is 2.25. The highest BCUT2D eigenvalue weighted by atomic mass is 35.5. The first-order valence-corrected chi connectivity index (χ1v) is 10.2. The highest BCUT2D eigenvalue weighted by Crippen LogP contribution is 2.24. The highest BCUT2D eigenvalue weighted by molar-refractivity contribution is 6.30. The number of benzene rings is 1. The van der Waals surface area contributed by atoms with Gasteiger partial charge in [-0.05, 0) is 56.0 Å². The van der Waals surface area contributed by atoms with Crippen molar-refractivity contribution in [3.63, 3.8) is 0 Å². The number of rotatable bonds is 6. The molecular formula is C21H29ClN4O. The number of piperidine rings is 1. The molecule has 0 spiro atoms. The van der Waals surface area contributed by atoms with Crippen molar-refractivity contribution in [2.75, 3.05) is 19.6 Å². The van der Waals surface area contributed by atoms with Crippen molar-refractivity contribution in [2.24, 2.45) is 0 Å². The van der Waals surface area contributed by atoms with Gasteiger partial charge in [0.15, 0.2) is 0 Å². The summed E-state index contributed by atoms with van der Waals surface area (Å²) in [6.45, 7) is 9.64. The van der Waals surface area contributed by atoms with Gasteiger partial charge in [0.1, 0.15) is 0 Å². The van der Waals surface area contributed by atoms with Crippen LogP contribution < -0.4 is 5.32 Å². The molecule has 5 nitrogen and oxygen atoms in total. The van der Waals surface area contributed by atoms with Crippen molar-refractivity contribution >= 4 is 17.5 Å². The van der Waals surface area contributed by atoms with Gasteiger partial charge in [-0.3, -0.25) is 4.79 Å². The molecule has 1 saturated heterocycles. The van der Waals surface area contributed by atoms with Gasteiger partial charge in [-0.2, -0.15) is 5.10 Å². The van der Waals surface area contributed by atoms with Crippen LogP contribution in [-0.2, 0) is 0 Å². The zero-order valence-electron chi connectivity index (χ0n) is 16.4. The van der Waals surface area contributed by atoms with Crippen LogP contribution in [0.25, 0.3) is 5.69 Å². The molecule has 146 valence electrons. The molecule has 0 aliphatic carbocycles. The summed E-state index contributed by atoms with van der Waals surface area (Å²) in [7, 11) is 0. The molecule has 0 unspecified atom stereocenters. The third kappa shape index (κ3) is 4.71. The summed E-state index contributed by atoms with van der Waals surface area (Å²) >= 11 is 6.00. The fraction of sp³-hybridized carbons (Fsp3) is 0.524. The van der Waals surface area contributed by atoms with Crippen LogP contribution in [0.3, 0.4) is 0 Å². The quantitative estimate of drug-likeness (QED) is 0.804. The van der Waals surface area contributed by atoms with E-state index in [9.17, 15) is 4.79 Å². The van der Waals surface area contributed by atoms with Gasteiger partial charge in [0.05, 0.1) is 23.1 Å². The Kier molecular flexibility index (Phi) is 6.55. The van der Waals surface area contributed by atoms with E-state index < -0.39 is 0 Å². The summed E-state index contributed by atoms with van der Waals surface area (Å²) in [6.07, 6.45) is 4.88. The number of hydrogen-bond donors (Lipinski definition) is 1. The van der Waals surface area contributed by atoms with Gasteiger partial charge in [-0.15, -0.1) is 0 Å². The smallest absolute Gasteiger partial charge is 0.255 e. The number of likely N-dealkylation sites (tertiary alicyclic amines) is 1. The van der Waals surface area contributed by atoms with Crippen molar-refractivity contribution < 1.29 is 4.79 Å². The van der Waals surface area contributed by atoms with E-state index in [1.807, 2.05) is 28.9 Å². The van der Waals surface area contributed by atoms with Crippen molar-refractivity contribution in [1.29, 1.82) is 0 Å². The maximum absolute atomic E-state index is 12.9. The molecule has 1 aliphatic rings. The standard InChI is InChI=1S/C21H29ClN4O/c1-4-11-25-12-9-17(10-13-25)24-21(27)19-14-23-26(20(19)15(2)3)18-7-5-16(22)6-8-18/h5-8,14-15,17H,4,9-13H2,1-3H3,(H,24,27). The molecule has 1 fully saturated rings.